The van der Waals surface area contributed by atoms with Gasteiger partial charge in [-0.2, -0.15) is 0 Å². The standard InChI is InChI=1S/C24H34N4OS.C10H16BrNO2/c1-6-28(5)15-26-21-12-16(2)20(11-17(21)3)13-23-27-22(14-30-23)18-7-9-19(10-8-18)24(29)25-4;1-12-10(14)8-4-2-7(3-5-8)9(13)6-11/h11-12,14-15,18-19H,6-10,13H2,1-5H3,(H,25,29);7-8H,2-6H2,1H3,(H,12,14). The maximum Gasteiger partial charge on any atom is 0.222 e. The van der Waals surface area contributed by atoms with Crippen molar-refractivity contribution in [3.8, 4) is 0 Å². The molecule has 2 N–H and O–H groups in total. The van der Waals surface area contributed by atoms with Crippen molar-refractivity contribution in [3.05, 3.63) is 44.9 Å². The summed E-state index contributed by atoms with van der Waals surface area (Å²) in [6, 6.07) is 4.43. The van der Waals surface area contributed by atoms with Gasteiger partial charge in [0.15, 0.2) is 0 Å². The number of alkyl halides is 1. The number of rotatable bonds is 10. The zero-order chi connectivity index (χ0) is 32.2. The van der Waals surface area contributed by atoms with Crippen LogP contribution in [0.1, 0.15) is 91.6 Å². The molecule has 0 unspecified atom stereocenters. The Labute approximate surface area is 276 Å². The van der Waals surface area contributed by atoms with Gasteiger partial charge in [0.2, 0.25) is 11.8 Å². The monoisotopic (exact) mass is 687 g/mol. The molecule has 44 heavy (non-hydrogen) atoms. The third-order valence-electron chi connectivity index (χ3n) is 9.15. The van der Waals surface area contributed by atoms with Gasteiger partial charge in [0.1, 0.15) is 5.78 Å². The predicted molar refractivity (Wildman–Crippen MR) is 184 cm³/mol. The van der Waals surface area contributed by atoms with E-state index in [0.717, 1.165) is 70.0 Å². The highest BCUT2D eigenvalue weighted by Gasteiger charge is 2.29. The van der Waals surface area contributed by atoms with Crippen LogP contribution in [0.3, 0.4) is 0 Å². The van der Waals surface area contributed by atoms with Crippen LogP contribution in [0.15, 0.2) is 22.5 Å². The van der Waals surface area contributed by atoms with E-state index in [9.17, 15) is 14.4 Å². The van der Waals surface area contributed by atoms with E-state index in [2.05, 4.69) is 74.7 Å². The SMILES string of the molecule is CCN(C)C=Nc1cc(C)c(Cc2nc(C3CCC(C(=O)NC)CC3)cs2)cc1C.CNC(=O)C1CCC(C(=O)CBr)CC1. The van der Waals surface area contributed by atoms with Crippen LogP contribution in [0.5, 0.6) is 0 Å². The molecule has 242 valence electrons. The lowest BCUT2D eigenvalue weighted by Crippen LogP contribution is -2.32. The first-order valence-electron chi connectivity index (χ1n) is 15.9. The zero-order valence-corrected chi connectivity index (χ0v) is 29.7. The molecular weight excluding hydrogens is 638 g/mol. The third kappa shape index (κ3) is 10.2. The van der Waals surface area contributed by atoms with Crippen LogP contribution in [0.2, 0.25) is 0 Å². The molecule has 0 aliphatic heterocycles. The van der Waals surface area contributed by atoms with Crippen molar-refractivity contribution in [1.82, 2.24) is 20.5 Å². The summed E-state index contributed by atoms with van der Waals surface area (Å²) in [6.45, 7) is 7.34. The number of aromatic nitrogens is 1. The molecule has 1 aromatic heterocycles. The van der Waals surface area contributed by atoms with E-state index in [-0.39, 0.29) is 35.4 Å². The average Bonchev–Trinajstić information content (AvgIpc) is 3.53. The highest BCUT2D eigenvalue weighted by Crippen LogP contribution is 2.37. The number of aryl methyl sites for hydroxylation is 2. The minimum atomic E-state index is 0.120. The summed E-state index contributed by atoms with van der Waals surface area (Å²) in [5.74, 6) is 1.55. The van der Waals surface area contributed by atoms with Crippen molar-refractivity contribution >= 4 is 56.9 Å². The summed E-state index contributed by atoms with van der Waals surface area (Å²) in [5, 5.41) is 9.29. The molecule has 1 aromatic carbocycles. The van der Waals surface area contributed by atoms with Crippen LogP contribution in [0.25, 0.3) is 0 Å². The maximum absolute atomic E-state index is 11.9. The molecule has 2 aliphatic rings. The molecule has 0 spiro atoms. The molecule has 4 rings (SSSR count). The molecule has 0 saturated heterocycles. The Morgan fingerprint density at radius 1 is 0.955 bits per heavy atom. The van der Waals surface area contributed by atoms with E-state index in [1.165, 1.54) is 27.4 Å². The second kappa shape index (κ2) is 17.8. The van der Waals surface area contributed by atoms with Crippen molar-refractivity contribution < 1.29 is 14.4 Å². The van der Waals surface area contributed by atoms with Gasteiger partial charge in [0.05, 0.1) is 28.1 Å². The van der Waals surface area contributed by atoms with Crippen LogP contribution < -0.4 is 10.6 Å². The Bertz CT molecular complexity index is 1260. The molecule has 0 atom stereocenters. The highest BCUT2D eigenvalue weighted by molar-refractivity contribution is 9.09. The van der Waals surface area contributed by atoms with Crippen LogP contribution in [-0.2, 0) is 20.8 Å². The van der Waals surface area contributed by atoms with Crippen molar-refractivity contribution in [2.45, 2.75) is 84.5 Å². The first kappa shape index (κ1) is 35.9. The molecule has 10 heteroatoms. The van der Waals surface area contributed by atoms with Gasteiger partial charge < -0.3 is 15.5 Å². The van der Waals surface area contributed by atoms with E-state index < -0.39 is 0 Å². The number of halogens is 1. The fraction of sp³-hybridized carbons (Fsp3) is 0.618. The molecule has 8 nitrogen and oxygen atoms in total. The number of hydrogen-bond donors (Lipinski definition) is 2. The van der Waals surface area contributed by atoms with E-state index in [0.29, 0.717) is 11.2 Å². The van der Waals surface area contributed by atoms with Crippen molar-refractivity contribution in [2.75, 3.05) is 33.0 Å². The van der Waals surface area contributed by atoms with Gasteiger partial charge >= 0.3 is 0 Å². The van der Waals surface area contributed by atoms with Gasteiger partial charge in [0.25, 0.3) is 0 Å². The lowest BCUT2D eigenvalue weighted by atomic mass is 9.80. The van der Waals surface area contributed by atoms with E-state index in [1.54, 1.807) is 25.4 Å². The maximum atomic E-state index is 11.9. The Morgan fingerprint density at radius 3 is 2.07 bits per heavy atom. The Morgan fingerprint density at radius 2 is 1.52 bits per heavy atom. The highest BCUT2D eigenvalue weighted by atomic mass is 79.9. The number of carbonyl (C=O) groups is 3. The van der Waals surface area contributed by atoms with Gasteiger partial charge in [-0.1, -0.05) is 22.0 Å². The summed E-state index contributed by atoms with van der Waals surface area (Å²) in [5.41, 5.74) is 6.02. The summed E-state index contributed by atoms with van der Waals surface area (Å²) in [7, 11) is 5.43. The van der Waals surface area contributed by atoms with Crippen LogP contribution in [-0.4, -0.2) is 66.8 Å². The zero-order valence-electron chi connectivity index (χ0n) is 27.2. The molecule has 0 radical (unpaired) electrons. The molecule has 2 saturated carbocycles. The number of ketones is 1. The molecule has 2 aromatic rings. The molecular formula is C34H50BrN5O3S. The normalized spacial score (nSPS) is 21.7. The van der Waals surface area contributed by atoms with E-state index in [4.69, 9.17) is 4.98 Å². The second-order valence-corrected chi connectivity index (χ2v) is 13.7. The van der Waals surface area contributed by atoms with Crippen molar-refractivity contribution in [3.63, 3.8) is 0 Å². The number of nitrogens with zero attached hydrogens (tertiary/aromatic N) is 3. The third-order valence-corrected chi connectivity index (χ3v) is 10.6. The number of Topliss-reactive ketones (excluding diaryl/α,β-unsaturated/α-hetero) is 1. The fourth-order valence-electron chi connectivity index (χ4n) is 6.04. The molecule has 0 bridgehead atoms. The quantitative estimate of drug-likeness (QED) is 0.169. The number of nitrogens with one attached hydrogen (secondary N) is 2. The Hall–Kier alpha value is -2.59. The first-order valence-corrected chi connectivity index (χ1v) is 17.9. The van der Waals surface area contributed by atoms with Crippen molar-refractivity contribution in [1.29, 1.82) is 0 Å². The Kier molecular flexibility index (Phi) is 14.5. The Balaban J connectivity index is 0.000000317. The van der Waals surface area contributed by atoms with Gasteiger partial charge in [-0.25, -0.2) is 9.98 Å². The number of hydrogen-bond acceptors (Lipinski definition) is 6. The van der Waals surface area contributed by atoms with Crippen LogP contribution >= 0.6 is 27.3 Å². The largest absolute Gasteiger partial charge is 0.366 e. The molecule has 1 heterocycles. The average molecular weight is 689 g/mol. The number of carbonyl (C=O) groups excluding carboxylic acids is 3. The molecule has 2 fully saturated rings. The smallest absolute Gasteiger partial charge is 0.222 e. The lowest BCUT2D eigenvalue weighted by molar-refractivity contribution is -0.128. The number of thiazole rings is 1. The summed E-state index contributed by atoms with van der Waals surface area (Å²) in [4.78, 5) is 46.2. The van der Waals surface area contributed by atoms with Gasteiger partial charge in [-0.05, 0) is 94.9 Å². The van der Waals surface area contributed by atoms with Gasteiger partial charge in [0, 0.05) is 63.2 Å². The lowest BCUT2D eigenvalue weighted by Gasteiger charge is -2.26. The van der Waals surface area contributed by atoms with Gasteiger partial charge in [-0.15, -0.1) is 11.3 Å². The van der Waals surface area contributed by atoms with Crippen LogP contribution in [0, 0.1) is 31.6 Å². The minimum absolute atomic E-state index is 0.120. The van der Waals surface area contributed by atoms with Crippen LogP contribution in [0.4, 0.5) is 5.69 Å². The number of amides is 2. The predicted octanol–water partition coefficient (Wildman–Crippen LogP) is 6.48. The van der Waals surface area contributed by atoms with Crippen molar-refractivity contribution in [2.24, 2.45) is 22.7 Å². The van der Waals surface area contributed by atoms with Gasteiger partial charge in [-0.3, -0.25) is 14.4 Å². The summed E-state index contributed by atoms with van der Waals surface area (Å²) in [6.07, 6.45) is 10.2. The van der Waals surface area contributed by atoms with E-state index >= 15 is 0 Å². The number of aliphatic imine (C=N–C) groups is 1. The van der Waals surface area contributed by atoms with E-state index in [1.807, 2.05) is 13.4 Å². The fourth-order valence-corrected chi connectivity index (χ4v) is 7.39. The topological polar surface area (TPSA) is 104 Å². The molecule has 2 aliphatic carbocycles. The summed E-state index contributed by atoms with van der Waals surface area (Å²) < 4.78 is 0. The second-order valence-electron chi connectivity index (χ2n) is 12.2. The number of benzene rings is 1. The molecule has 2 amide bonds. The summed E-state index contributed by atoms with van der Waals surface area (Å²) >= 11 is 4.94. The minimum Gasteiger partial charge on any atom is -0.366 e. The first-order chi connectivity index (χ1) is 21.1.